The maximum atomic E-state index is 13.9. The van der Waals surface area contributed by atoms with Crippen LogP contribution in [0, 0.1) is 0 Å². The number of ether oxygens (including phenoxy) is 3. The van der Waals surface area contributed by atoms with Crippen molar-refractivity contribution >= 4 is 34.3 Å². The summed E-state index contributed by atoms with van der Waals surface area (Å²) in [6.45, 7) is 2.44. The summed E-state index contributed by atoms with van der Waals surface area (Å²) in [4.78, 5) is 28.8. The summed E-state index contributed by atoms with van der Waals surface area (Å²) < 4.78 is 22.1. The lowest BCUT2D eigenvalue weighted by atomic mass is 9.94. The lowest BCUT2D eigenvalue weighted by molar-refractivity contribution is -0.130. The molecule has 0 fully saturated rings. The highest BCUT2D eigenvalue weighted by atomic mass is 35.5. The van der Waals surface area contributed by atoms with Crippen LogP contribution in [0.3, 0.4) is 0 Å². The lowest BCUT2D eigenvalue weighted by Gasteiger charge is -2.27. The third-order valence-corrected chi connectivity index (χ3v) is 6.75. The Morgan fingerprint density at radius 2 is 1.79 bits per heavy atom. The Bertz CT molecular complexity index is 1590. The van der Waals surface area contributed by atoms with E-state index in [0.29, 0.717) is 45.4 Å². The topological polar surface area (TPSA) is 98.4 Å². The molecule has 0 bridgehead atoms. The zero-order valence-corrected chi connectivity index (χ0v) is 22.3. The molecule has 1 aromatic heterocycles. The molecule has 1 unspecified atom stereocenters. The molecule has 3 aromatic carbocycles. The molecular weight excluding hydrogens is 522 g/mol. The minimum Gasteiger partial charge on any atom is -0.503 e. The Labute approximate surface area is 229 Å². The van der Waals surface area contributed by atoms with E-state index in [9.17, 15) is 14.7 Å². The summed E-state index contributed by atoms with van der Waals surface area (Å²) in [5.41, 5.74) is 1.64. The number of nitrogens with zero attached hydrogens (tertiary/aromatic N) is 1. The van der Waals surface area contributed by atoms with Crippen LogP contribution in [0.2, 0.25) is 5.02 Å². The summed E-state index contributed by atoms with van der Waals surface area (Å²) in [6.07, 6.45) is 0. The van der Waals surface area contributed by atoms with E-state index in [1.807, 2.05) is 19.1 Å². The van der Waals surface area contributed by atoms with Crippen molar-refractivity contribution in [2.45, 2.75) is 19.5 Å². The molecule has 1 aliphatic rings. The zero-order chi connectivity index (χ0) is 27.7. The third kappa shape index (κ3) is 4.91. The maximum absolute atomic E-state index is 13.9. The number of ketones is 1. The molecule has 0 aliphatic carbocycles. The van der Waals surface area contributed by atoms with Gasteiger partial charge in [-0.3, -0.25) is 9.59 Å². The largest absolute Gasteiger partial charge is 0.503 e. The molecule has 1 aliphatic heterocycles. The first-order valence-electron chi connectivity index (χ1n) is 12.3. The summed E-state index contributed by atoms with van der Waals surface area (Å²) in [5.74, 6) is -0.378. The average Bonchev–Trinajstić information content (AvgIpc) is 3.48. The van der Waals surface area contributed by atoms with Gasteiger partial charge in [0, 0.05) is 23.0 Å². The molecule has 4 aromatic rings. The highest BCUT2D eigenvalue weighted by molar-refractivity contribution is 6.31. The number of Topliss-reactive ketones (excluding diaryl/α,β-unsaturated/α-hetero) is 1. The molecule has 200 valence electrons. The summed E-state index contributed by atoms with van der Waals surface area (Å²) in [6, 6.07) is 18.2. The Hall–Kier alpha value is -4.43. The fraction of sp³-hybridized carbons (Fsp3) is 0.200. The molecule has 39 heavy (non-hydrogen) atoms. The number of amides is 1. The van der Waals surface area contributed by atoms with Crippen molar-refractivity contribution in [1.29, 1.82) is 0 Å². The van der Waals surface area contributed by atoms with Crippen molar-refractivity contribution in [1.82, 2.24) is 4.90 Å². The van der Waals surface area contributed by atoms with Crippen LogP contribution in [0.1, 0.15) is 34.6 Å². The van der Waals surface area contributed by atoms with Gasteiger partial charge in [-0.2, -0.15) is 0 Å². The van der Waals surface area contributed by atoms with Gasteiger partial charge < -0.3 is 28.6 Å². The van der Waals surface area contributed by atoms with Crippen molar-refractivity contribution in [3.05, 3.63) is 100.0 Å². The number of hydrogen-bond acceptors (Lipinski definition) is 7. The van der Waals surface area contributed by atoms with E-state index < -0.39 is 23.5 Å². The van der Waals surface area contributed by atoms with E-state index in [1.165, 1.54) is 18.1 Å². The van der Waals surface area contributed by atoms with Crippen LogP contribution in [0.15, 0.2) is 82.5 Å². The number of benzene rings is 3. The Balaban J connectivity index is 1.60. The van der Waals surface area contributed by atoms with E-state index >= 15 is 0 Å². The van der Waals surface area contributed by atoms with E-state index in [1.54, 1.807) is 55.6 Å². The second-order valence-electron chi connectivity index (χ2n) is 8.92. The van der Waals surface area contributed by atoms with Gasteiger partial charge in [-0.25, -0.2) is 0 Å². The monoisotopic (exact) mass is 547 g/mol. The molecule has 8 nitrogen and oxygen atoms in total. The van der Waals surface area contributed by atoms with Crippen molar-refractivity contribution in [3.63, 3.8) is 0 Å². The van der Waals surface area contributed by atoms with Crippen molar-refractivity contribution in [3.8, 4) is 17.2 Å². The minimum atomic E-state index is -0.897. The average molecular weight is 548 g/mol. The summed E-state index contributed by atoms with van der Waals surface area (Å²) >= 11 is 6.19. The number of hydrogen-bond donors (Lipinski definition) is 1. The van der Waals surface area contributed by atoms with Gasteiger partial charge in [-0.05, 0) is 54.4 Å². The van der Waals surface area contributed by atoms with Crippen LogP contribution in [0.25, 0.3) is 11.0 Å². The van der Waals surface area contributed by atoms with Crippen LogP contribution in [-0.2, 0) is 11.3 Å². The number of methoxy groups -OCH3 is 2. The zero-order valence-electron chi connectivity index (χ0n) is 21.6. The van der Waals surface area contributed by atoms with Crippen molar-refractivity contribution in [2.75, 3.05) is 20.8 Å². The first-order chi connectivity index (χ1) is 18.8. The van der Waals surface area contributed by atoms with Gasteiger partial charge in [0.1, 0.15) is 11.5 Å². The third-order valence-electron chi connectivity index (χ3n) is 6.54. The van der Waals surface area contributed by atoms with Crippen LogP contribution < -0.4 is 14.2 Å². The molecular formula is C30H26ClNO7. The smallest absolute Gasteiger partial charge is 0.290 e. The van der Waals surface area contributed by atoms with Gasteiger partial charge in [0.25, 0.3) is 5.91 Å². The Kier molecular flexibility index (Phi) is 7.21. The minimum absolute atomic E-state index is 0.0582. The number of halogens is 1. The summed E-state index contributed by atoms with van der Waals surface area (Å²) in [5, 5.41) is 12.0. The summed E-state index contributed by atoms with van der Waals surface area (Å²) in [7, 11) is 3.04. The molecule has 5 rings (SSSR count). The van der Waals surface area contributed by atoms with Gasteiger partial charge in [0.05, 0.1) is 32.4 Å². The predicted octanol–water partition coefficient (Wildman–Crippen LogP) is 6.28. The lowest BCUT2D eigenvalue weighted by Crippen LogP contribution is -2.30. The second kappa shape index (κ2) is 10.7. The normalized spacial score (nSPS) is 15.2. The van der Waals surface area contributed by atoms with E-state index in [4.69, 9.17) is 30.2 Å². The highest BCUT2D eigenvalue weighted by Gasteiger charge is 2.44. The fourth-order valence-corrected chi connectivity index (χ4v) is 4.96. The molecule has 9 heteroatoms. The van der Waals surface area contributed by atoms with Gasteiger partial charge in [-0.15, -0.1) is 0 Å². The maximum Gasteiger partial charge on any atom is 0.290 e. The first-order valence-corrected chi connectivity index (χ1v) is 12.6. The predicted molar refractivity (Wildman–Crippen MR) is 146 cm³/mol. The quantitative estimate of drug-likeness (QED) is 0.246. The molecule has 2 heterocycles. The molecule has 1 amide bonds. The van der Waals surface area contributed by atoms with Gasteiger partial charge >= 0.3 is 0 Å². The van der Waals surface area contributed by atoms with Crippen molar-refractivity contribution < 1.29 is 33.3 Å². The van der Waals surface area contributed by atoms with Crippen LogP contribution in [-0.4, -0.2) is 42.5 Å². The molecule has 1 atom stereocenters. The standard InChI is InChI=1S/C30H26ClNO7/c1-4-38-22-7-5-6-18(13-22)26-25(27(33)23-14-19-12-20(31)15-24(37-3)29(19)39-23)28(34)30(35)32(26)16-17-8-10-21(36-2)11-9-17/h5-15,26,34H,4,16H2,1-3H3. The molecule has 0 saturated carbocycles. The molecule has 0 radical (unpaired) electrons. The number of carbonyl (C=O) groups excluding carboxylic acids is 2. The number of carbonyl (C=O) groups is 2. The van der Waals surface area contributed by atoms with Crippen LogP contribution >= 0.6 is 11.6 Å². The van der Waals surface area contributed by atoms with Gasteiger partial charge in [0.2, 0.25) is 5.78 Å². The van der Waals surface area contributed by atoms with Gasteiger partial charge in [0.15, 0.2) is 22.9 Å². The first kappa shape index (κ1) is 26.2. The van der Waals surface area contributed by atoms with Gasteiger partial charge in [-0.1, -0.05) is 35.9 Å². The Morgan fingerprint density at radius 3 is 2.49 bits per heavy atom. The number of furan rings is 1. The van der Waals surface area contributed by atoms with E-state index in [0.717, 1.165) is 5.56 Å². The number of rotatable bonds is 9. The molecule has 0 saturated heterocycles. The SMILES string of the molecule is CCOc1cccc(C2C(C(=O)c3cc4cc(Cl)cc(OC)c4o3)=C(O)C(=O)N2Cc2ccc(OC)cc2)c1. The highest BCUT2D eigenvalue weighted by Crippen LogP contribution is 2.42. The van der Waals surface area contributed by atoms with Crippen molar-refractivity contribution in [2.24, 2.45) is 0 Å². The number of aliphatic hydroxyl groups excluding tert-OH is 1. The molecule has 0 spiro atoms. The second-order valence-corrected chi connectivity index (χ2v) is 9.35. The fourth-order valence-electron chi connectivity index (χ4n) is 4.75. The van der Waals surface area contributed by atoms with Crippen LogP contribution in [0.4, 0.5) is 0 Å². The Morgan fingerprint density at radius 1 is 1.03 bits per heavy atom. The van der Waals surface area contributed by atoms with Crippen LogP contribution in [0.5, 0.6) is 17.2 Å². The number of aliphatic hydroxyl groups is 1. The van der Waals surface area contributed by atoms with E-state index in [2.05, 4.69) is 0 Å². The number of fused-ring (bicyclic) bond motifs is 1. The molecule has 1 N–H and O–H groups in total. The van der Waals surface area contributed by atoms with E-state index in [-0.39, 0.29) is 17.9 Å².